The fourth-order valence-electron chi connectivity index (χ4n) is 4.85. The Morgan fingerprint density at radius 2 is 1.74 bits per heavy atom. The quantitative estimate of drug-likeness (QED) is 0.332. The van der Waals surface area contributed by atoms with E-state index in [0.717, 1.165) is 10.9 Å². The van der Waals surface area contributed by atoms with Gasteiger partial charge in [-0.3, -0.25) is 13.9 Å². The van der Waals surface area contributed by atoms with Gasteiger partial charge in [-0.1, -0.05) is 60.5 Å². The first-order chi connectivity index (χ1) is 18.0. The van der Waals surface area contributed by atoms with E-state index in [0.29, 0.717) is 34.0 Å². The van der Waals surface area contributed by atoms with Crippen LogP contribution in [0.4, 0.5) is 5.69 Å². The third-order valence-corrected chi connectivity index (χ3v) is 9.18. The van der Waals surface area contributed by atoms with Crippen LogP contribution >= 0.6 is 23.2 Å². The van der Waals surface area contributed by atoms with Crippen molar-refractivity contribution in [2.75, 3.05) is 10.8 Å². The Morgan fingerprint density at radius 3 is 2.39 bits per heavy atom. The molecule has 3 aromatic carbocycles. The Labute approximate surface area is 233 Å². The minimum atomic E-state index is -3.70. The molecule has 3 aromatic rings. The lowest BCUT2D eigenvalue weighted by molar-refractivity contribution is -0.141. The van der Waals surface area contributed by atoms with Gasteiger partial charge in [-0.05, 0) is 61.9 Å². The molecule has 0 bridgehead atoms. The summed E-state index contributed by atoms with van der Waals surface area (Å²) in [4.78, 5) is 28.4. The summed E-state index contributed by atoms with van der Waals surface area (Å²) in [7, 11) is -3.70. The van der Waals surface area contributed by atoms with Gasteiger partial charge in [0.25, 0.3) is 10.0 Å². The molecule has 0 saturated heterocycles. The molecule has 38 heavy (non-hydrogen) atoms. The molecular weight excluding hydrogens is 545 g/mol. The van der Waals surface area contributed by atoms with Gasteiger partial charge in [-0.15, -0.1) is 0 Å². The lowest BCUT2D eigenvalue weighted by atomic mass is 10.1. The fraction of sp³-hybridized carbons (Fsp3) is 0.357. The summed E-state index contributed by atoms with van der Waals surface area (Å²) in [6.45, 7) is 5.91. The van der Waals surface area contributed by atoms with Gasteiger partial charge in [-0.2, -0.15) is 0 Å². The normalized spacial score (nSPS) is 14.6. The summed E-state index contributed by atoms with van der Waals surface area (Å²) in [5.74, 6) is -0.477. The van der Waals surface area contributed by atoms with Crippen LogP contribution in [-0.4, -0.2) is 43.8 Å². The van der Waals surface area contributed by atoms with Crippen molar-refractivity contribution >= 4 is 61.5 Å². The summed E-state index contributed by atoms with van der Waals surface area (Å²) in [5.41, 5.74) is 1.37. The molecule has 1 aliphatic heterocycles. The number of hydrogen-bond donors (Lipinski definition) is 1. The van der Waals surface area contributed by atoms with Crippen molar-refractivity contribution in [2.24, 2.45) is 0 Å². The number of sulfonamides is 1. The van der Waals surface area contributed by atoms with E-state index in [1.807, 2.05) is 39.0 Å². The highest BCUT2D eigenvalue weighted by Gasteiger charge is 2.35. The van der Waals surface area contributed by atoms with Gasteiger partial charge < -0.3 is 10.2 Å². The van der Waals surface area contributed by atoms with E-state index >= 15 is 0 Å². The second-order valence-corrected chi connectivity index (χ2v) is 12.3. The van der Waals surface area contributed by atoms with E-state index in [1.165, 1.54) is 4.31 Å². The van der Waals surface area contributed by atoms with Gasteiger partial charge >= 0.3 is 0 Å². The van der Waals surface area contributed by atoms with Crippen molar-refractivity contribution in [1.82, 2.24) is 10.2 Å². The average Bonchev–Trinajstić information content (AvgIpc) is 3.08. The molecule has 0 fully saturated rings. The number of benzene rings is 3. The predicted octanol–water partition coefficient (Wildman–Crippen LogP) is 5.77. The van der Waals surface area contributed by atoms with E-state index in [1.54, 1.807) is 41.3 Å². The number of carbonyl (C=O) groups excluding carboxylic acids is 2. The molecule has 0 aliphatic carbocycles. The minimum absolute atomic E-state index is 0.0745. The maximum Gasteiger partial charge on any atom is 0.265 e. The van der Waals surface area contributed by atoms with Crippen molar-refractivity contribution in [3.8, 4) is 0 Å². The van der Waals surface area contributed by atoms with Crippen molar-refractivity contribution in [1.29, 1.82) is 0 Å². The number of carbonyl (C=O) groups is 2. The summed E-state index contributed by atoms with van der Waals surface area (Å²) < 4.78 is 27.9. The second-order valence-electron chi connectivity index (χ2n) is 9.67. The summed E-state index contributed by atoms with van der Waals surface area (Å²) >= 11 is 12.3. The number of halogens is 2. The van der Waals surface area contributed by atoms with E-state index in [4.69, 9.17) is 23.2 Å². The summed E-state index contributed by atoms with van der Waals surface area (Å²) in [6, 6.07) is 15.1. The van der Waals surface area contributed by atoms with Crippen LogP contribution in [0.2, 0.25) is 10.0 Å². The highest BCUT2D eigenvalue weighted by Crippen LogP contribution is 2.42. The molecule has 0 saturated carbocycles. The molecule has 0 spiro atoms. The number of anilines is 1. The van der Waals surface area contributed by atoms with Gasteiger partial charge in [-0.25, -0.2) is 8.42 Å². The topological polar surface area (TPSA) is 86.8 Å². The van der Waals surface area contributed by atoms with Crippen LogP contribution in [0.15, 0.2) is 59.5 Å². The molecule has 7 nitrogen and oxygen atoms in total. The standard InChI is InChI=1S/C28H31Cl2N3O4S/c1-4-23(28(35)31-18(2)3)32(17-19-13-14-21(29)22(30)16-19)26(34)12-7-15-33-24-10-5-8-20-9-6-11-25(27(20)24)38(33,36)37/h5-6,8-11,13-14,16,18,23H,4,7,12,15,17H2,1-3H3,(H,31,35)/t23-/m1/s1. The third-order valence-electron chi connectivity index (χ3n) is 6.59. The first-order valence-electron chi connectivity index (χ1n) is 12.6. The molecule has 0 unspecified atom stereocenters. The van der Waals surface area contributed by atoms with Crippen LogP contribution in [0.5, 0.6) is 0 Å². The zero-order chi connectivity index (χ0) is 27.6. The molecule has 202 valence electrons. The molecule has 2 amide bonds. The van der Waals surface area contributed by atoms with Crippen LogP contribution in [0.3, 0.4) is 0 Å². The number of nitrogens with zero attached hydrogens (tertiary/aromatic N) is 2. The molecule has 1 N–H and O–H groups in total. The number of nitrogens with one attached hydrogen (secondary N) is 1. The van der Waals surface area contributed by atoms with Gasteiger partial charge in [0.15, 0.2) is 0 Å². The zero-order valence-electron chi connectivity index (χ0n) is 21.6. The first-order valence-corrected chi connectivity index (χ1v) is 14.8. The maximum absolute atomic E-state index is 13.6. The van der Waals surface area contributed by atoms with Crippen molar-refractivity contribution in [2.45, 2.75) is 63.6 Å². The van der Waals surface area contributed by atoms with Crippen LogP contribution < -0.4 is 9.62 Å². The van der Waals surface area contributed by atoms with E-state index < -0.39 is 16.1 Å². The Bertz CT molecular complexity index is 1470. The van der Waals surface area contributed by atoms with Crippen LogP contribution in [0.1, 0.15) is 45.6 Å². The molecule has 0 radical (unpaired) electrons. The molecule has 1 atom stereocenters. The average molecular weight is 577 g/mol. The number of rotatable bonds is 10. The zero-order valence-corrected chi connectivity index (χ0v) is 23.9. The molecule has 1 aliphatic rings. The van der Waals surface area contributed by atoms with Gasteiger partial charge in [0.05, 0.1) is 20.6 Å². The highest BCUT2D eigenvalue weighted by molar-refractivity contribution is 7.93. The lowest BCUT2D eigenvalue weighted by Gasteiger charge is -2.31. The van der Waals surface area contributed by atoms with Crippen molar-refractivity contribution in [3.05, 3.63) is 70.2 Å². The maximum atomic E-state index is 13.6. The SMILES string of the molecule is CC[C@H](C(=O)NC(C)C)N(Cc1ccc(Cl)c(Cl)c1)C(=O)CCCN1c2cccc3cccc(c23)S1(=O)=O. The Morgan fingerprint density at radius 1 is 1.03 bits per heavy atom. The monoisotopic (exact) mass is 575 g/mol. The second kappa shape index (κ2) is 11.5. The van der Waals surface area contributed by atoms with E-state index in [-0.39, 0.29) is 42.3 Å². The van der Waals surface area contributed by atoms with Crippen molar-refractivity contribution < 1.29 is 18.0 Å². The third kappa shape index (κ3) is 5.63. The van der Waals surface area contributed by atoms with Gasteiger partial charge in [0.2, 0.25) is 11.8 Å². The number of amides is 2. The van der Waals surface area contributed by atoms with E-state index in [9.17, 15) is 18.0 Å². The molecule has 0 aromatic heterocycles. The molecular formula is C28H31Cl2N3O4S. The first kappa shape index (κ1) is 28.2. The Hall–Kier alpha value is -2.81. The lowest BCUT2D eigenvalue weighted by Crippen LogP contribution is -2.50. The van der Waals surface area contributed by atoms with Crippen LogP contribution in [0, 0.1) is 0 Å². The minimum Gasteiger partial charge on any atom is -0.352 e. The highest BCUT2D eigenvalue weighted by atomic mass is 35.5. The molecule has 10 heteroatoms. The van der Waals surface area contributed by atoms with Crippen LogP contribution in [-0.2, 0) is 26.2 Å². The molecule has 1 heterocycles. The van der Waals surface area contributed by atoms with Crippen LogP contribution in [0.25, 0.3) is 10.8 Å². The predicted molar refractivity (Wildman–Crippen MR) is 152 cm³/mol. The van der Waals surface area contributed by atoms with Gasteiger partial charge in [0.1, 0.15) is 6.04 Å². The van der Waals surface area contributed by atoms with Crippen molar-refractivity contribution in [3.63, 3.8) is 0 Å². The Balaban J connectivity index is 1.53. The fourth-order valence-corrected chi connectivity index (χ4v) is 6.92. The largest absolute Gasteiger partial charge is 0.352 e. The molecule has 4 rings (SSSR count). The smallest absolute Gasteiger partial charge is 0.265 e. The summed E-state index contributed by atoms with van der Waals surface area (Å²) in [5, 5.41) is 5.23. The van der Waals surface area contributed by atoms with E-state index in [2.05, 4.69) is 5.32 Å². The Kier molecular flexibility index (Phi) is 8.55. The summed E-state index contributed by atoms with van der Waals surface area (Å²) in [6.07, 6.45) is 0.789. The van der Waals surface area contributed by atoms with Gasteiger partial charge in [0, 0.05) is 30.9 Å². The number of hydrogen-bond acceptors (Lipinski definition) is 4.